The average molecular weight is 260 g/mol. The highest BCUT2D eigenvalue weighted by atomic mass is 15.3. The second-order valence-electron chi connectivity index (χ2n) is 5.53. The van der Waals surface area contributed by atoms with Gasteiger partial charge in [-0.1, -0.05) is 32.0 Å². The summed E-state index contributed by atoms with van der Waals surface area (Å²) in [6.45, 7) is 4.64. The van der Waals surface area contributed by atoms with Crippen LogP contribution >= 0.6 is 0 Å². The van der Waals surface area contributed by atoms with Gasteiger partial charge in [-0.15, -0.1) is 0 Å². The number of para-hydroxylation sites is 1. The van der Waals surface area contributed by atoms with Crippen LogP contribution in [0.1, 0.15) is 33.1 Å². The van der Waals surface area contributed by atoms with Crippen LogP contribution in [0.5, 0.6) is 0 Å². The molecule has 3 unspecified atom stereocenters. The Hall–Kier alpha value is -1.55. The molecule has 104 valence electrons. The standard InChI is InChI=1S/C15H24N4/c1-11-8-9-14(10-12(11)2)18-15(19-16)17-13-6-4-3-5-7-13/h3-7,11-12,14H,8-10,16H2,1-2H3,(H2,17,18,19). The summed E-state index contributed by atoms with van der Waals surface area (Å²) in [7, 11) is 0. The molecule has 0 saturated heterocycles. The van der Waals surface area contributed by atoms with Gasteiger partial charge in [0.05, 0.1) is 6.04 Å². The highest BCUT2D eigenvalue weighted by Crippen LogP contribution is 2.30. The molecule has 1 aromatic carbocycles. The van der Waals surface area contributed by atoms with E-state index in [2.05, 4.69) is 24.6 Å². The van der Waals surface area contributed by atoms with E-state index in [0.717, 1.165) is 30.4 Å². The molecular formula is C15H24N4. The Morgan fingerprint density at radius 2 is 1.89 bits per heavy atom. The van der Waals surface area contributed by atoms with Crippen molar-refractivity contribution < 1.29 is 0 Å². The number of benzene rings is 1. The maximum absolute atomic E-state index is 5.56. The molecular weight excluding hydrogens is 236 g/mol. The predicted octanol–water partition coefficient (Wildman–Crippen LogP) is 2.74. The van der Waals surface area contributed by atoms with Crippen LogP contribution in [-0.4, -0.2) is 12.0 Å². The number of rotatable bonds is 2. The Balaban J connectivity index is 1.99. The lowest BCUT2D eigenvalue weighted by Crippen LogP contribution is -2.38. The summed E-state index contributed by atoms with van der Waals surface area (Å²) in [6, 6.07) is 10.3. The van der Waals surface area contributed by atoms with Gasteiger partial charge in [0, 0.05) is 5.69 Å². The Morgan fingerprint density at radius 3 is 2.53 bits per heavy atom. The summed E-state index contributed by atoms with van der Waals surface area (Å²) in [5.41, 5.74) is 3.66. The number of nitrogens with one attached hydrogen (secondary N) is 2. The molecule has 0 radical (unpaired) electrons. The van der Waals surface area contributed by atoms with Gasteiger partial charge in [0.15, 0.2) is 0 Å². The second kappa shape index (κ2) is 6.57. The highest BCUT2D eigenvalue weighted by Gasteiger charge is 2.24. The zero-order valence-electron chi connectivity index (χ0n) is 11.8. The molecule has 1 aromatic rings. The molecule has 1 aliphatic carbocycles. The molecule has 1 aliphatic rings. The van der Waals surface area contributed by atoms with Gasteiger partial charge in [0.2, 0.25) is 5.96 Å². The van der Waals surface area contributed by atoms with Crippen molar-refractivity contribution >= 4 is 11.6 Å². The van der Waals surface area contributed by atoms with Gasteiger partial charge in [-0.3, -0.25) is 5.43 Å². The van der Waals surface area contributed by atoms with Crippen LogP contribution in [0.25, 0.3) is 0 Å². The first-order valence-electron chi connectivity index (χ1n) is 7.05. The van der Waals surface area contributed by atoms with E-state index >= 15 is 0 Å². The van der Waals surface area contributed by atoms with Crippen LogP contribution in [0.4, 0.5) is 5.69 Å². The molecule has 2 rings (SSSR count). The summed E-state index contributed by atoms with van der Waals surface area (Å²) in [4.78, 5) is 4.70. The zero-order valence-corrected chi connectivity index (χ0v) is 11.8. The molecule has 0 amide bonds. The van der Waals surface area contributed by atoms with Gasteiger partial charge >= 0.3 is 0 Å². The number of nitrogens with zero attached hydrogens (tertiary/aromatic N) is 1. The summed E-state index contributed by atoms with van der Waals surface area (Å²) in [6.07, 6.45) is 3.54. The van der Waals surface area contributed by atoms with Crippen LogP contribution < -0.4 is 16.6 Å². The number of anilines is 1. The maximum atomic E-state index is 5.56. The molecule has 0 heterocycles. The smallest absolute Gasteiger partial charge is 0.210 e. The predicted molar refractivity (Wildman–Crippen MR) is 80.8 cm³/mol. The van der Waals surface area contributed by atoms with Gasteiger partial charge in [0.25, 0.3) is 0 Å². The molecule has 1 saturated carbocycles. The van der Waals surface area contributed by atoms with Crippen LogP contribution in [0.3, 0.4) is 0 Å². The first-order valence-corrected chi connectivity index (χ1v) is 7.05. The minimum atomic E-state index is 0.369. The fraction of sp³-hybridized carbons (Fsp3) is 0.533. The van der Waals surface area contributed by atoms with E-state index in [-0.39, 0.29) is 0 Å². The molecule has 0 spiro atoms. The van der Waals surface area contributed by atoms with Crippen LogP contribution in [0, 0.1) is 11.8 Å². The van der Waals surface area contributed by atoms with E-state index in [1.54, 1.807) is 0 Å². The average Bonchev–Trinajstić information content (AvgIpc) is 2.43. The number of guanidine groups is 1. The third-order valence-electron chi connectivity index (χ3n) is 4.06. The quantitative estimate of drug-likeness (QED) is 0.331. The van der Waals surface area contributed by atoms with Crippen LogP contribution in [0.2, 0.25) is 0 Å². The number of hydrogen-bond donors (Lipinski definition) is 3. The van der Waals surface area contributed by atoms with Gasteiger partial charge in [0.1, 0.15) is 0 Å². The summed E-state index contributed by atoms with van der Waals surface area (Å²) >= 11 is 0. The number of nitrogens with two attached hydrogens (primary N) is 1. The van der Waals surface area contributed by atoms with Crippen molar-refractivity contribution in [2.24, 2.45) is 22.7 Å². The van der Waals surface area contributed by atoms with Gasteiger partial charge in [-0.25, -0.2) is 10.8 Å². The topological polar surface area (TPSA) is 62.4 Å². The molecule has 1 fully saturated rings. The Kier molecular flexibility index (Phi) is 4.80. The third-order valence-corrected chi connectivity index (χ3v) is 4.06. The van der Waals surface area contributed by atoms with E-state index in [1.165, 1.54) is 6.42 Å². The first-order chi connectivity index (χ1) is 9.19. The molecule has 4 nitrogen and oxygen atoms in total. The Labute approximate surface area is 115 Å². The number of hydrazine groups is 1. The Bertz CT molecular complexity index is 415. The third kappa shape index (κ3) is 3.96. The molecule has 4 N–H and O–H groups in total. The first kappa shape index (κ1) is 13.9. The van der Waals surface area contributed by atoms with Gasteiger partial charge in [-0.05, 0) is 43.2 Å². The lowest BCUT2D eigenvalue weighted by atomic mass is 9.79. The fourth-order valence-electron chi connectivity index (χ4n) is 2.58. The van der Waals surface area contributed by atoms with Crippen molar-refractivity contribution in [2.45, 2.75) is 39.2 Å². The lowest BCUT2D eigenvalue weighted by molar-refractivity contribution is 0.252. The van der Waals surface area contributed by atoms with Gasteiger partial charge in [-0.2, -0.15) is 0 Å². The van der Waals surface area contributed by atoms with E-state index < -0.39 is 0 Å². The molecule has 0 aliphatic heterocycles. The summed E-state index contributed by atoms with van der Waals surface area (Å²) < 4.78 is 0. The lowest BCUT2D eigenvalue weighted by Gasteiger charge is -2.30. The van der Waals surface area contributed by atoms with E-state index in [4.69, 9.17) is 10.8 Å². The largest absolute Gasteiger partial charge is 0.325 e. The minimum Gasteiger partial charge on any atom is -0.325 e. The summed E-state index contributed by atoms with van der Waals surface area (Å²) in [5.74, 6) is 7.75. The number of hydrogen-bond acceptors (Lipinski definition) is 2. The zero-order chi connectivity index (χ0) is 13.7. The SMILES string of the molecule is CC1CCC(N=C(NN)Nc2ccccc2)CC1C. The van der Waals surface area contributed by atoms with Crippen molar-refractivity contribution in [3.63, 3.8) is 0 Å². The monoisotopic (exact) mass is 260 g/mol. The van der Waals surface area contributed by atoms with E-state index in [1.807, 2.05) is 30.3 Å². The van der Waals surface area contributed by atoms with E-state index in [0.29, 0.717) is 12.0 Å². The highest BCUT2D eigenvalue weighted by molar-refractivity contribution is 5.93. The van der Waals surface area contributed by atoms with Crippen molar-refractivity contribution in [2.75, 3.05) is 5.32 Å². The van der Waals surface area contributed by atoms with Crippen LogP contribution in [-0.2, 0) is 0 Å². The molecule has 3 atom stereocenters. The van der Waals surface area contributed by atoms with Crippen molar-refractivity contribution in [3.8, 4) is 0 Å². The van der Waals surface area contributed by atoms with Crippen molar-refractivity contribution in [3.05, 3.63) is 30.3 Å². The molecule has 0 bridgehead atoms. The maximum Gasteiger partial charge on any atom is 0.210 e. The molecule has 4 heteroatoms. The fourth-order valence-corrected chi connectivity index (χ4v) is 2.58. The molecule has 19 heavy (non-hydrogen) atoms. The van der Waals surface area contributed by atoms with Crippen molar-refractivity contribution in [1.82, 2.24) is 5.43 Å². The normalized spacial score (nSPS) is 27.9. The van der Waals surface area contributed by atoms with Gasteiger partial charge < -0.3 is 5.32 Å². The molecule has 0 aromatic heterocycles. The Morgan fingerprint density at radius 1 is 1.16 bits per heavy atom. The van der Waals surface area contributed by atoms with Crippen LogP contribution in [0.15, 0.2) is 35.3 Å². The number of aliphatic imine (C=N–C) groups is 1. The van der Waals surface area contributed by atoms with Crippen molar-refractivity contribution in [1.29, 1.82) is 0 Å². The minimum absolute atomic E-state index is 0.369. The summed E-state index contributed by atoms with van der Waals surface area (Å²) in [5, 5.41) is 3.22. The second-order valence-corrected chi connectivity index (χ2v) is 5.53. The van der Waals surface area contributed by atoms with E-state index in [9.17, 15) is 0 Å².